The number of methoxy groups -OCH3 is 1. The van der Waals surface area contributed by atoms with Crippen LogP contribution >= 0.6 is 0 Å². The van der Waals surface area contributed by atoms with Gasteiger partial charge in [0.25, 0.3) is 11.6 Å². The van der Waals surface area contributed by atoms with E-state index in [4.69, 9.17) is 4.74 Å². The zero-order valence-electron chi connectivity index (χ0n) is 14.7. The van der Waals surface area contributed by atoms with Crippen molar-refractivity contribution in [3.05, 3.63) is 45.7 Å². The molecule has 9 nitrogen and oxygen atoms in total. The number of ether oxygens (including phenoxy) is 2. The molecule has 0 aromatic heterocycles. The molecule has 9 heteroatoms. The number of benzene rings is 1. The number of nitrogens with zero attached hydrogens (tertiary/aromatic N) is 3. The van der Waals surface area contributed by atoms with Crippen LogP contribution in [0.3, 0.4) is 0 Å². The number of carbonyl (C=O) groups excluding carboxylic acids is 2. The van der Waals surface area contributed by atoms with Crippen LogP contribution in [0.5, 0.6) is 0 Å². The number of nitro groups is 1. The molecular weight excluding hydrogens is 342 g/mol. The molecule has 0 fully saturated rings. The van der Waals surface area contributed by atoms with E-state index in [9.17, 15) is 19.7 Å². The predicted molar refractivity (Wildman–Crippen MR) is 93.6 cm³/mol. The Kier molecular flexibility index (Phi) is 6.05. The maximum atomic E-state index is 12.9. The summed E-state index contributed by atoms with van der Waals surface area (Å²) in [6.45, 7) is 3.99. The summed E-state index contributed by atoms with van der Waals surface area (Å²) >= 11 is 0. The Morgan fingerprint density at radius 1 is 1.27 bits per heavy atom. The van der Waals surface area contributed by atoms with Crippen LogP contribution in [-0.4, -0.2) is 36.2 Å². The summed E-state index contributed by atoms with van der Waals surface area (Å²) in [5.74, 6) is -0.556. The second kappa shape index (κ2) is 8.24. The highest BCUT2D eigenvalue weighted by Gasteiger charge is 2.35. The van der Waals surface area contributed by atoms with Crippen molar-refractivity contribution in [2.75, 3.05) is 18.7 Å². The molecule has 0 radical (unpaired) electrons. The number of esters is 1. The van der Waals surface area contributed by atoms with E-state index in [0.29, 0.717) is 24.5 Å². The fourth-order valence-corrected chi connectivity index (χ4v) is 2.47. The lowest BCUT2D eigenvalue weighted by molar-refractivity contribution is -0.384. The van der Waals surface area contributed by atoms with E-state index in [1.54, 1.807) is 6.92 Å². The molecule has 0 spiro atoms. The number of hydrazone groups is 1. The van der Waals surface area contributed by atoms with Crippen LogP contribution in [0.15, 0.2) is 40.7 Å². The van der Waals surface area contributed by atoms with E-state index < -0.39 is 16.8 Å². The number of hydrogen-bond acceptors (Lipinski definition) is 7. The second-order valence-electron chi connectivity index (χ2n) is 5.27. The minimum absolute atomic E-state index is 0.0986. The number of anilines is 1. The van der Waals surface area contributed by atoms with Gasteiger partial charge in [-0.15, -0.1) is 0 Å². The molecule has 1 aromatic rings. The maximum Gasteiger partial charge on any atom is 0.311 e. The summed E-state index contributed by atoms with van der Waals surface area (Å²) in [4.78, 5) is 34.8. The molecule has 26 heavy (non-hydrogen) atoms. The van der Waals surface area contributed by atoms with Crippen LogP contribution in [0.1, 0.15) is 26.7 Å². The van der Waals surface area contributed by atoms with Gasteiger partial charge in [-0.05, 0) is 19.1 Å². The van der Waals surface area contributed by atoms with Crippen LogP contribution in [0.4, 0.5) is 11.4 Å². The molecule has 1 aromatic carbocycles. The zero-order chi connectivity index (χ0) is 19.3. The molecule has 1 heterocycles. The molecule has 0 saturated heterocycles. The second-order valence-corrected chi connectivity index (χ2v) is 5.27. The number of rotatable bonds is 7. The number of hydrogen-bond donors (Lipinski definition) is 0. The first-order valence-electron chi connectivity index (χ1n) is 8.02. The van der Waals surface area contributed by atoms with Gasteiger partial charge < -0.3 is 9.47 Å². The highest BCUT2D eigenvalue weighted by atomic mass is 16.6. The average Bonchev–Trinajstić information content (AvgIpc) is 2.95. The largest absolute Gasteiger partial charge is 0.497 e. The number of allylic oxidation sites excluding steroid dienone is 1. The average molecular weight is 361 g/mol. The van der Waals surface area contributed by atoms with Crippen LogP contribution < -0.4 is 5.01 Å². The lowest BCUT2D eigenvalue weighted by atomic mass is 10.1. The summed E-state index contributed by atoms with van der Waals surface area (Å²) in [6.07, 6.45) is 0.265. The van der Waals surface area contributed by atoms with E-state index in [1.807, 2.05) is 6.92 Å². The fourth-order valence-electron chi connectivity index (χ4n) is 2.47. The molecule has 0 saturated carbocycles. The fraction of sp³-hybridized carbons (Fsp3) is 0.353. The van der Waals surface area contributed by atoms with Gasteiger partial charge in [-0.25, -0.2) is 0 Å². The number of amides is 1. The van der Waals surface area contributed by atoms with E-state index in [2.05, 4.69) is 9.84 Å². The van der Waals surface area contributed by atoms with Gasteiger partial charge in [0.1, 0.15) is 11.3 Å². The first-order chi connectivity index (χ1) is 12.4. The number of carbonyl (C=O) groups is 2. The lowest BCUT2D eigenvalue weighted by Gasteiger charge is -2.13. The minimum atomic E-state index is -0.536. The van der Waals surface area contributed by atoms with Gasteiger partial charge in [0.15, 0.2) is 0 Å². The lowest BCUT2D eigenvalue weighted by Crippen LogP contribution is -2.23. The van der Waals surface area contributed by atoms with Gasteiger partial charge in [0.2, 0.25) is 0 Å². The summed E-state index contributed by atoms with van der Waals surface area (Å²) < 4.78 is 10.2. The molecule has 0 atom stereocenters. The van der Waals surface area contributed by atoms with Crippen molar-refractivity contribution in [1.29, 1.82) is 0 Å². The zero-order valence-corrected chi connectivity index (χ0v) is 14.7. The van der Waals surface area contributed by atoms with Gasteiger partial charge in [-0.2, -0.15) is 10.1 Å². The Morgan fingerprint density at radius 3 is 2.42 bits per heavy atom. The van der Waals surface area contributed by atoms with Crippen LogP contribution in [0.2, 0.25) is 0 Å². The van der Waals surface area contributed by atoms with Crippen molar-refractivity contribution in [1.82, 2.24) is 0 Å². The Balaban J connectivity index is 2.46. The van der Waals surface area contributed by atoms with E-state index in [-0.39, 0.29) is 23.4 Å². The van der Waals surface area contributed by atoms with Crippen molar-refractivity contribution in [3.63, 3.8) is 0 Å². The third-order valence-electron chi connectivity index (χ3n) is 3.68. The highest BCUT2D eigenvalue weighted by molar-refractivity contribution is 6.33. The summed E-state index contributed by atoms with van der Waals surface area (Å²) in [6, 6.07) is 5.40. The minimum Gasteiger partial charge on any atom is -0.497 e. The molecule has 0 N–H and O–H groups in total. The van der Waals surface area contributed by atoms with Crippen molar-refractivity contribution in [2.45, 2.75) is 26.7 Å². The van der Waals surface area contributed by atoms with Crippen molar-refractivity contribution < 1.29 is 24.0 Å². The monoisotopic (exact) mass is 361 g/mol. The number of nitro benzene ring substituents is 1. The van der Waals surface area contributed by atoms with E-state index >= 15 is 0 Å². The maximum absolute atomic E-state index is 12.9. The molecule has 0 bridgehead atoms. The van der Waals surface area contributed by atoms with Gasteiger partial charge in [-0.1, -0.05) is 6.92 Å². The van der Waals surface area contributed by atoms with Crippen LogP contribution in [0, 0.1) is 10.1 Å². The number of non-ortho nitro benzene ring substituents is 1. The van der Waals surface area contributed by atoms with Gasteiger partial charge in [0.05, 0.1) is 36.5 Å². The van der Waals surface area contributed by atoms with E-state index in [0.717, 1.165) is 5.01 Å². The van der Waals surface area contributed by atoms with Crippen molar-refractivity contribution in [3.8, 4) is 0 Å². The molecule has 1 aliphatic heterocycles. The molecular formula is C17H19N3O6. The smallest absolute Gasteiger partial charge is 0.311 e. The molecule has 2 rings (SSSR count). The summed E-state index contributed by atoms with van der Waals surface area (Å²) in [5, 5.41) is 16.1. The van der Waals surface area contributed by atoms with Gasteiger partial charge in [-0.3, -0.25) is 19.7 Å². The Bertz CT molecular complexity index is 782. The molecule has 1 aliphatic rings. The Hall–Kier alpha value is -3.23. The third kappa shape index (κ3) is 3.88. The standard InChI is InChI=1S/C17H19N3O6/c1-4-14(26-5-2)16-13(10-15(21)25-3)18-19(17(16)22)11-6-8-12(9-7-11)20(23)24/h6-9H,4-5,10H2,1-3H3/b16-14+. The van der Waals surface area contributed by atoms with Crippen LogP contribution in [0.25, 0.3) is 0 Å². The Labute approximate surface area is 150 Å². The van der Waals surface area contributed by atoms with Gasteiger partial charge >= 0.3 is 5.97 Å². The van der Waals surface area contributed by atoms with E-state index in [1.165, 1.54) is 31.4 Å². The highest BCUT2D eigenvalue weighted by Crippen LogP contribution is 2.29. The molecule has 1 amide bonds. The molecule has 138 valence electrons. The Morgan fingerprint density at radius 2 is 1.92 bits per heavy atom. The van der Waals surface area contributed by atoms with Crippen LogP contribution in [-0.2, 0) is 19.1 Å². The first-order valence-corrected chi connectivity index (χ1v) is 8.02. The van der Waals surface area contributed by atoms with Gasteiger partial charge in [0, 0.05) is 18.6 Å². The predicted octanol–water partition coefficient (Wildman–Crippen LogP) is 2.56. The normalized spacial score (nSPS) is 15.6. The molecule has 0 aliphatic carbocycles. The van der Waals surface area contributed by atoms with Crippen molar-refractivity contribution >= 4 is 29.0 Å². The van der Waals surface area contributed by atoms with Crippen molar-refractivity contribution in [2.24, 2.45) is 5.10 Å². The summed E-state index contributed by atoms with van der Waals surface area (Å²) in [7, 11) is 1.25. The SMILES string of the molecule is CCO/C(CC)=C1/C(=O)N(c2ccc([N+](=O)[O-])cc2)N=C1CC(=O)OC. The quantitative estimate of drug-likeness (QED) is 0.243. The third-order valence-corrected chi connectivity index (χ3v) is 3.68. The summed E-state index contributed by atoms with van der Waals surface area (Å²) in [5.41, 5.74) is 0.715. The topological polar surface area (TPSA) is 111 Å². The molecule has 0 unspecified atom stereocenters. The first kappa shape index (κ1) is 19.1.